The Balaban J connectivity index is 2.19. The monoisotopic (exact) mass is 425 g/mol. The molecule has 0 bridgehead atoms. The Hall–Kier alpha value is -2.09. The summed E-state index contributed by atoms with van der Waals surface area (Å²) < 4.78 is 16.7. The highest BCUT2D eigenvalue weighted by Gasteiger charge is 2.11. The van der Waals surface area contributed by atoms with Crippen LogP contribution in [-0.2, 0) is 16.1 Å². The van der Waals surface area contributed by atoms with E-state index in [0.717, 1.165) is 14.7 Å². The Morgan fingerprint density at radius 2 is 2.17 bits per heavy atom. The zero-order valence-electron chi connectivity index (χ0n) is 12.8. The molecule has 0 fully saturated rings. The van der Waals surface area contributed by atoms with Crippen LogP contribution in [0.4, 0.5) is 0 Å². The summed E-state index contributed by atoms with van der Waals surface area (Å²) in [5.41, 5.74) is 1.80. The third-order valence-electron chi connectivity index (χ3n) is 2.97. The van der Waals surface area contributed by atoms with Crippen LogP contribution in [0.3, 0.4) is 0 Å². The Bertz CT molecular complexity index is 701. The van der Waals surface area contributed by atoms with Gasteiger partial charge < -0.3 is 14.2 Å². The van der Waals surface area contributed by atoms with Crippen LogP contribution < -0.4 is 9.47 Å². The normalized spacial score (nSPS) is 10.6. The van der Waals surface area contributed by atoms with Gasteiger partial charge >= 0.3 is 5.97 Å². The van der Waals surface area contributed by atoms with Crippen molar-refractivity contribution >= 4 is 34.6 Å². The Kier molecular flexibility index (Phi) is 6.40. The van der Waals surface area contributed by atoms with Crippen molar-refractivity contribution in [2.24, 2.45) is 0 Å². The van der Waals surface area contributed by atoms with Gasteiger partial charge in [-0.3, -0.25) is 4.98 Å². The number of hydrogen-bond donors (Lipinski definition) is 0. The molecular formula is C17H16INO4. The van der Waals surface area contributed by atoms with Crippen molar-refractivity contribution in [3.8, 4) is 11.5 Å². The van der Waals surface area contributed by atoms with Crippen LogP contribution in [0, 0.1) is 3.57 Å². The fourth-order valence-corrected chi connectivity index (χ4v) is 2.63. The molecule has 5 nitrogen and oxygen atoms in total. The molecule has 1 aromatic carbocycles. The van der Waals surface area contributed by atoms with E-state index < -0.39 is 5.97 Å². The molecule has 0 radical (unpaired) electrons. The minimum absolute atomic E-state index is 0.400. The van der Waals surface area contributed by atoms with Gasteiger partial charge in [-0.2, -0.15) is 0 Å². The molecule has 23 heavy (non-hydrogen) atoms. The van der Waals surface area contributed by atoms with E-state index in [1.165, 1.54) is 13.2 Å². The Labute approximate surface area is 148 Å². The molecule has 0 aliphatic carbocycles. The van der Waals surface area contributed by atoms with Gasteiger partial charge in [0.25, 0.3) is 0 Å². The molecule has 0 aliphatic heterocycles. The summed E-state index contributed by atoms with van der Waals surface area (Å²) >= 11 is 2.17. The molecule has 0 aliphatic rings. The van der Waals surface area contributed by atoms with Crippen LogP contribution in [0.2, 0.25) is 0 Å². The SMILES string of the molecule is COC(=O)/C=C/c1cc(I)c(OCc2cccnc2)c(OC)c1. The molecule has 1 heterocycles. The lowest BCUT2D eigenvalue weighted by molar-refractivity contribution is -0.134. The number of esters is 1. The Morgan fingerprint density at radius 1 is 1.35 bits per heavy atom. The molecule has 0 unspecified atom stereocenters. The van der Waals surface area contributed by atoms with Gasteiger partial charge in [0.15, 0.2) is 11.5 Å². The van der Waals surface area contributed by atoms with E-state index in [2.05, 4.69) is 32.3 Å². The average molecular weight is 425 g/mol. The van der Waals surface area contributed by atoms with E-state index in [0.29, 0.717) is 18.1 Å². The number of nitrogens with zero attached hydrogens (tertiary/aromatic N) is 1. The van der Waals surface area contributed by atoms with Crippen molar-refractivity contribution in [2.45, 2.75) is 6.61 Å². The highest BCUT2D eigenvalue weighted by atomic mass is 127. The maximum Gasteiger partial charge on any atom is 0.330 e. The summed E-state index contributed by atoms with van der Waals surface area (Å²) in [5.74, 6) is 0.855. The lowest BCUT2D eigenvalue weighted by Gasteiger charge is -2.13. The van der Waals surface area contributed by atoms with Gasteiger partial charge in [0.05, 0.1) is 17.8 Å². The first-order valence-electron chi connectivity index (χ1n) is 6.79. The molecule has 0 atom stereocenters. The molecule has 6 heteroatoms. The first-order chi connectivity index (χ1) is 11.1. The van der Waals surface area contributed by atoms with Crippen molar-refractivity contribution in [3.63, 3.8) is 0 Å². The number of halogens is 1. The number of pyridine rings is 1. The maximum atomic E-state index is 11.2. The van der Waals surface area contributed by atoms with E-state index in [-0.39, 0.29) is 0 Å². The van der Waals surface area contributed by atoms with Crippen LogP contribution in [0.25, 0.3) is 6.08 Å². The largest absolute Gasteiger partial charge is 0.493 e. The number of hydrogen-bond acceptors (Lipinski definition) is 5. The second-order valence-corrected chi connectivity index (χ2v) is 5.70. The maximum absolute atomic E-state index is 11.2. The molecule has 1 aromatic heterocycles. The lowest BCUT2D eigenvalue weighted by Crippen LogP contribution is -2.00. The number of ether oxygens (including phenoxy) is 3. The molecule has 0 spiro atoms. The van der Waals surface area contributed by atoms with E-state index in [4.69, 9.17) is 9.47 Å². The van der Waals surface area contributed by atoms with Crippen molar-refractivity contribution in [1.82, 2.24) is 4.98 Å². The molecule has 0 N–H and O–H groups in total. The molecular weight excluding hydrogens is 409 g/mol. The van der Waals surface area contributed by atoms with Gasteiger partial charge in [0.1, 0.15) is 6.61 Å². The average Bonchev–Trinajstić information content (AvgIpc) is 2.59. The van der Waals surface area contributed by atoms with Crippen LogP contribution in [-0.4, -0.2) is 25.2 Å². The van der Waals surface area contributed by atoms with Gasteiger partial charge in [-0.25, -0.2) is 4.79 Å². The van der Waals surface area contributed by atoms with E-state index in [1.807, 2.05) is 18.2 Å². The molecule has 120 valence electrons. The minimum atomic E-state index is -0.407. The number of rotatable bonds is 6. The van der Waals surface area contributed by atoms with Crippen molar-refractivity contribution in [2.75, 3.05) is 14.2 Å². The lowest BCUT2D eigenvalue weighted by atomic mass is 10.2. The second-order valence-electron chi connectivity index (χ2n) is 4.54. The zero-order chi connectivity index (χ0) is 16.7. The van der Waals surface area contributed by atoms with Gasteiger partial charge in [0.2, 0.25) is 0 Å². The first kappa shape index (κ1) is 17.3. The molecule has 0 saturated carbocycles. The zero-order valence-corrected chi connectivity index (χ0v) is 14.9. The highest BCUT2D eigenvalue weighted by Crippen LogP contribution is 2.34. The summed E-state index contributed by atoms with van der Waals surface area (Å²) in [7, 11) is 2.92. The number of benzene rings is 1. The predicted octanol–water partition coefficient (Wildman–Crippen LogP) is 3.46. The van der Waals surface area contributed by atoms with E-state index in [9.17, 15) is 4.79 Å². The summed E-state index contributed by atoms with van der Waals surface area (Å²) in [4.78, 5) is 15.2. The van der Waals surface area contributed by atoms with Gasteiger partial charge in [-0.15, -0.1) is 0 Å². The van der Waals surface area contributed by atoms with Gasteiger partial charge in [-0.1, -0.05) is 6.07 Å². The summed E-state index contributed by atoms with van der Waals surface area (Å²) in [6.45, 7) is 0.400. The molecule has 0 amide bonds. The summed E-state index contributed by atoms with van der Waals surface area (Å²) in [6.07, 6.45) is 6.51. The van der Waals surface area contributed by atoms with Crippen molar-refractivity contribution < 1.29 is 19.0 Å². The number of aromatic nitrogens is 1. The van der Waals surface area contributed by atoms with Crippen LogP contribution in [0.15, 0.2) is 42.7 Å². The van der Waals surface area contributed by atoms with Crippen molar-refractivity contribution in [3.05, 3.63) is 57.4 Å². The standard InChI is InChI=1S/C17H16INO4/c1-21-15-9-12(5-6-16(20)22-2)8-14(18)17(15)23-11-13-4-3-7-19-10-13/h3-10H,11H2,1-2H3/b6-5+. The highest BCUT2D eigenvalue weighted by molar-refractivity contribution is 14.1. The summed E-state index contributed by atoms with van der Waals surface area (Å²) in [5, 5.41) is 0. The van der Waals surface area contributed by atoms with E-state index >= 15 is 0 Å². The third-order valence-corrected chi connectivity index (χ3v) is 3.77. The Morgan fingerprint density at radius 3 is 2.83 bits per heavy atom. The predicted molar refractivity (Wildman–Crippen MR) is 95.3 cm³/mol. The quantitative estimate of drug-likeness (QED) is 0.403. The fraction of sp³-hybridized carbons (Fsp3) is 0.176. The number of carbonyl (C=O) groups is 1. The van der Waals surface area contributed by atoms with Crippen LogP contribution in [0.5, 0.6) is 11.5 Å². The van der Waals surface area contributed by atoms with E-state index in [1.54, 1.807) is 31.6 Å². The number of carbonyl (C=O) groups excluding carboxylic acids is 1. The number of methoxy groups -OCH3 is 2. The second kappa shape index (κ2) is 8.52. The minimum Gasteiger partial charge on any atom is -0.493 e. The van der Waals surface area contributed by atoms with Gasteiger partial charge in [-0.05, 0) is 52.4 Å². The third kappa shape index (κ3) is 4.95. The first-order valence-corrected chi connectivity index (χ1v) is 7.87. The van der Waals surface area contributed by atoms with Crippen molar-refractivity contribution in [1.29, 1.82) is 0 Å². The van der Waals surface area contributed by atoms with Crippen LogP contribution >= 0.6 is 22.6 Å². The topological polar surface area (TPSA) is 57.7 Å². The van der Waals surface area contributed by atoms with Gasteiger partial charge in [0, 0.05) is 24.0 Å². The summed E-state index contributed by atoms with van der Waals surface area (Å²) in [6, 6.07) is 7.52. The molecule has 2 rings (SSSR count). The molecule has 0 saturated heterocycles. The smallest absolute Gasteiger partial charge is 0.330 e. The van der Waals surface area contributed by atoms with Crippen LogP contribution in [0.1, 0.15) is 11.1 Å². The fourth-order valence-electron chi connectivity index (χ4n) is 1.85. The molecule has 2 aromatic rings.